The molecule has 6 nitrogen and oxygen atoms in total. The average molecular weight is 399 g/mol. The summed E-state index contributed by atoms with van der Waals surface area (Å²) in [6.07, 6.45) is 0.902. The second-order valence-electron chi connectivity index (χ2n) is 5.98. The predicted octanol–water partition coefficient (Wildman–Crippen LogP) is 2.63. The predicted molar refractivity (Wildman–Crippen MR) is 94.4 cm³/mol. The van der Waals surface area contributed by atoms with E-state index < -0.39 is 17.9 Å². The lowest BCUT2D eigenvalue weighted by Gasteiger charge is -2.18. The second-order valence-corrected chi connectivity index (χ2v) is 6.89. The number of amides is 2. The third kappa shape index (κ3) is 8.10. The highest BCUT2D eigenvalue weighted by Gasteiger charge is 2.18. The maximum atomic E-state index is 12.0. The second kappa shape index (κ2) is 10.1. The van der Waals surface area contributed by atoms with Gasteiger partial charge in [0.15, 0.2) is 0 Å². The Morgan fingerprint density at radius 3 is 2.29 bits per heavy atom. The number of aliphatic carboxylic acids is 1. The topological polar surface area (TPSA) is 95.5 Å². The lowest BCUT2D eigenvalue weighted by Crippen LogP contribution is -2.39. The van der Waals surface area contributed by atoms with Gasteiger partial charge < -0.3 is 15.7 Å². The third-order valence-electron chi connectivity index (χ3n) is 3.38. The Kier molecular flexibility index (Phi) is 8.46. The SMILES string of the molecule is CC(C)CCC(=O)NCC(=O)NC(CC(=O)O)c1ccc(Br)cc1. The maximum Gasteiger partial charge on any atom is 0.305 e. The van der Waals surface area contributed by atoms with Gasteiger partial charge >= 0.3 is 5.97 Å². The van der Waals surface area contributed by atoms with E-state index in [0.29, 0.717) is 17.9 Å². The van der Waals surface area contributed by atoms with Gasteiger partial charge in [0, 0.05) is 10.9 Å². The summed E-state index contributed by atoms with van der Waals surface area (Å²) in [5, 5.41) is 14.2. The first-order valence-corrected chi connectivity index (χ1v) is 8.60. The van der Waals surface area contributed by atoms with Crippen molar-refractivity contribution in [3.05, 3.63) is 34.3 Å². The van der Waals surface area contributed by atoms with E-state index >= 15 is 0 Å². The minimum absolute atomic E-state index is 0.163. The zero-order valence-electron chi connectivity index (χ0n) is 13.8. The largest absolute Gasteiger partial charge is 0.481 e. The smallest absolute Gasteiger partial charge is 0.305 e. The van der Waals surface area contributed by atoms with Gasteiger partial charge in [-0.1, -0.05) is 41.9 Å². The molecule has 2 amide bonds. The summed E-state index contributed by atoms with van der Waals surface area (Å²) in [7, 11) is 0. The van der Waals surface area contributed by atoms with Gasteiger partial charge in [-0.15, -0.1) is 0 Å². The molecule has 0 bridgehead atoms. The van der Waals surface area contributed by atoms with Gasteiger partial charge in [-0.05, 0) is 30.0 Å². The van der Waals surface area contributed by atoms with Crippen LogP contribution in [0.5, 0.6) is 0 Å². The van der Waals surface area contributed by atoms with Crippen LogP contribution in [0.25, 0.3) is 0 Å². The molecule has 0 aromatic heterocycles. The van der Waals surface area contributed by atoms with Crippen molar-refractivity contribution in [1.82, 2.24) is 10.6 Å². The van der Waals surface area contributed by atoms with Gasteiger partial charge in [-0.2, -0.15) is 0 Å². The molecule has 0 fully saturated rings. The standard InChI is InChI=1S/C17H23BrN2O4/c1-11(2)3-8-15(21)19-10-16(22)20-14(9-17(23)24)12-4-6-13(18)7-5-12/h4-7,11,14H,3,8-10H2,1-2H3,(H,19,21)(H,20,22)(H,23,24). The minimum atomic E-state index is -1.01. The first kappa shape index (κ1) is 20.2. The highest BCUT2D eigenvalue weighted by Crippen LogP contribution is 2.19. The monoisotopic (exact) mass is 398 g/mol. The zero-order chi connectivity index (χ0) is 18.1. The third-order valence-corrected chi connectivity index (χ3v) is 3.91. The summed E-state index contributed by atoms with van der Waals surface area (Å²) in [5.41, 5.74) is 0.695. The molecule has 1 aromatic carbocycles. The van der Waals surface area contributed by atoms with Gasteiger partial charge in [-0.25, -0.2) is 0 Å². The van der Waals surface area contributed by atoms with Crippen LogP contribution < -0.4 is 10.6 Å². The van der Waals surface area contributed by atoms with Gasteiger partial charge in [-0.3, -0.25) is 14.4 Å². The van der Waals surface area contributed by atoms with E-state index in [0.717, 1.165) is 10.9 Å². The van der Waals surface area contributed by atoms with Crippen LogP contribution >= 0.6 is 15.9 Å². The van der Waals surface area contributed by atoms with Crippen LogP contribution in [0.3, 0.4) is 0 Å². The van der Waals surface area contributed by atoms with E-state index in [2.05, 4.69) is 26.6 Å². The van der Waals surface area contributed by atoms with Crippen LogP contribution in [0, 0.1) is 5.92 Å². The molecule has 132 valence electrons. The molecule has 1 rings (SSSR count). The van der Waals surface area contributed by atoms with E-state index in [1.807, 2.05) is 13.8 Å². The zero-order valence-corrected chi connectivity index (χ0v) is 15.4. The number of carboxylic acid groups (broad SMARTS) is 1. The van der Waals surface area contributed by atoms with Crippen molar-refractivity contribution in [3.8, 4) is 0 Å². The molecule has 1 aromatic rings. The summed E-state index contributed by atoms with van der Waals surface area (Å²) in [6, 6.07) is 6.42. The van der Waals surface area contributed by atoms with Crippen molar-refractivity contribution in [3.63, 3.8) is 0 Å². The molecule has 0 saturated carbocycles. The minimum Gasteiger partial charge on any atom is -0.481 e. The first-order valence-electron chi connectivity index (χ1n) is 7.81. The summed E-state index contributed by atoms with van der Waals surface area (Å²) in [4.78, 5) is 34.6. The van der Waals surface area contributed by atoms with Gasteiger partial charge in [0.1, 0.15) is 0 Å². The molecular weight excluding hydrogens is 376 g/mol. The van der Waals surface area contributed by atoms with E-state index in [4.69, 9.17) is 5.11 Å². The Labute approximate surface area is 150 Å². The lowest BCUT2D eigenvalue weighted by atomic mass is 10.0. The molecule has 3 N–H and O–H groups in total. The highest BCUT2D eigenvalue weighted by atomic mass is 79.9. The number of nitrogens with one attached hydrogen (secondary N) is 2. The maximum absolute atomic E-state index is 12.0. The normalized spacial score (nSPS) is 11.8. The van der Waals surface area contributed by atoms with Crippen molar-refractivity contribution in [2.45, 2.75) is 39.2 Å². The van der Waals surface area contributed by atoms with Crippen LogP contribution in [-0.4, -0.2) is 29.4 Å². The number of carboxylic acids is 1. The molecule has 0 saturated heterocycles. The van der Waals surface area contributed by atoms with Gasteiger partial charge in [0.05, 0.1) is 19.0 Å². The summed E-state index contributed by atoms with van der Waals surface area (Å²) < 4.78 is 0.865. The van der Waals surface area contributed by atoms with Crippen LogP contribution in [0.15, 0.2) is 28.7 Å². The van der Waals surface area contributed by atoms with Crippen molar-refractivity contribution in [1.29, 1.82) is 0 Å². The number of carbonyl (C=O) groups excluding carboxylic acids is 2. The molecule has 0 spiro atoms. The molecule has 0 radical (unpaired) electrons. The lowest BCUT2D eigenvalue weighted by molar-refractivity contribution is -0.138. The number of hydrogen-bond acceptors (Lipinski definition) is 3. The fraction of sp³-hybridized carbons (Fsp3) is 0.471. The fourth-order valence-electron chi connectivity index (χ4n) is 2.05. The Hall–Kier alpha value is -1.89. The van der Waals surface area contributed by atoms with Crippen molar-refractivity contribution in [2.24, 2.45) is 5.92 Å². The Bertz CT molecular complexity index is 572. The number of carbonyl (C=O) groups is 3. The number of rotatable bonds is 9. The number of halogens is 1. The quantitative estimate of drug-likeness (QED) is 0.595. The molecular formula is C17H23BrN2O4. The van der Waals surface area contributed by atoms with E-state index in [1.54, 1.807) is 24.3 Å². The van der Waals surface area contributed by atoms with Crippen LogP contribution in [-0.2, 0) is 14.4 Å². The molecule has 1 atom stereocenters. The summed E-state index contributed by atoms with van der Waals surface area (Å²) >= 11 is 3.31. The van der Waals surface area contributed by atoms with Crippen molar-refractivity contribution in [2.75, 3.05) is 6.54 Å². The average Bonchev–Trinajstić information content (AvgIpc) is 2.50. The number of hydrogen-bond donors (Lipinski definition) is 3. The number of benzene rings is 1. The molecule has 0 heterocycles. The fourth-order valence-corrected chi connectivity index (χ4v) is 2.32. The summed E-state index contributed by atoms with van der Waals surface area (Å²) in [5.74, 6) is -1.19. The van der Waals surface area contributed by atoms with E-state index in [1.165, 1.54) is 0 Å². The van der Waals surface area contributed by atoms with E-state index in [9.17, 15) is 14.4 Å². The Morgan fingerprint density at radius 1 is 1.12 bits per heavy atom. The molecule has 24 heavy (non-hydrogen) atoms. The highest BCUT2D eigenvalue weighted by molar-refractivity contribution is 9.10. The molecule has 1 unspecified atom stereocenters. The Balaban J connectivity index is 2.56. The van der Waals surface area contributed by atoms with Crippen LogP contribution in [0.1, 0.15) is 44.7 Å². The molecule has 7 heteroatoms. The van der Waals surface area contributed by atoms with Crippen molar-refractivity contribution >= 4 is 33.7 Å². The van der Waals surface area contributed by atoms with Gasteiger partial charge in [0.2, 0.25) is 11.8 Å². The molecule has 0 aliphatic rings. The van der Waals surface area contributed by atoms with E-state index in [-0.39, 0.29) is 18.9 Å². The molecule has 0 aliphatic heterocycles. The molecule has 0 aliphatic carbocycles. The Morgan fingerprint density at radius 2 is 1.75 bits per heavy atom. The summed E-state index contributed by atoms with van der Waals surface area (Å²) in [6.45, 7) is 3.88. The van der Waals surface area contributed by atoms with Crippen LogP contribution in [0.4, 0.5) is 0 Å². The first-order chi connectivity index (χ1) is 11.3. The van der Waals surface area contributed by atoms with Gasteiger partial charge in [0.25, 0.3) is 0 Å². The van der Waals surface area contributed by atoms with Crippen molar-refractivity contribution < 1.29 is 19.5 Å². The van der Waals surface area contributed by atoms with Crippen LogP contribution in [0.2, 0.25) is 0 Å².